The number of hydrogen-bond donors (Lipinski definition) is 2. The fourth-order valence-corrected chi connectivity index (χ4v) is 2.90. The fraction of sp³-hybridized carbons (Fsp3) is 0.263. The highest BCUT2D eigenvalue weighted by molar-refractivity contribution is 6.10. The molecule has 2 N–H and O–H groups in total. The molecule has 2 aromatic rings. The van der Waals surface area contributed by atoms with Crippen LogP contribution in [0.3, 0.4) is 0 Å². The van der Waals surface area contributed by atoms with Gasteiger partial charge in [-0.15, -0.1) is 0 Å². The highest BCUT2D eigenvalue weighted by atomic mass is 16.6. The molecule has 9 nitrogen and oxygen atoms in total. The average molecular weight is 385 g/mol. The summed E-state index contributed by atoms with van der Waals surface area (Å²) in [5.74, 6) is -1.19. The molecular formula is C19H19N3O6. The first kappa shape index (κ1) is 19.3. The average Bonchev–Trinajstić information content (AvgIpc) is 3.32. The summed E-state index contributed by atoms with van der Waals surface area (Å²) >= 11 is 0. The van der Waals surface area contributed by atoms with Crippen LogP contribution >= 0.6 is 0 Å². The van der Waals surface area contributed by atoms with Crippen LogP contribution in [0.4, 0.5) is 10.5 Å². The lowest BCUT2D eigenvalue weighted by molar-refractivity contribution is -0.119. The molecule has 3 rings (SSSR count). The van der Waals surface area contributed by atoms with Gasteiger partial charge in [0.15, 0.2) is 0 Å². The molecule has 2 heterocycles. The highest BCUT2D eigenvalue weighted by Crippen LogP contribution is 2.23. The third-order valence-electron chi connectivity index (χ3n) is 4.28. The van der Waals surface area contributed by atoms with Gasteiger partial charge in [-0.05, 0) is 36.4 Å². The number of aromatic nitrogens is 1. The van der Waals surface area contributed by atoms with Gasteiger partial charge in [0.05, 0.1) is 18.8 Å². The summed E-state index contributed by atoms with van der Waals surface area (Å²) in [6.07, 6.45) is 0.428. The zero-order valence-corrected chi connectivity index (χ0v) is 15.1. The molecule has 1 atom stereocenters. The van der Waals surface area contributed by atoms with Crippen molar-refractivity contribution in [1.82, 2.24) is 9.88 Å². The van der Waals surface area contributed by atoms with Gasteiger partial charge in [-0.2, -0.15) is 0 Å². The van der Waals surface area contributed by atoms with E-state index in [1.807, 2.05) is 0 Å². The molecule has 1 aliphatic heterocycles. The van der Waals surface area contributed by atoms with E-state index < -0.39 is 24.7 Å². The molecule has 0 spiro atoms. The first-order chi connectivity index (χ1) is 13.4. The quantitative estimate of drug-likeness (QED) is 0.711. The number of nitrogens with one attached hydrogen (secondary N) is 1. The van der Waals surface area contributed by atoms with Crippen LogP contribution in [-0.4, -0.2) is 59.2 Å². The van der Waals surface area contributed by atoms with E-state index in [4.69, 9.17) is 9.84 Å². The molecule has 9 heteroatoms. The van der Waals surface area contributed by atoms with Crippen molar-refractivity contribution >= 4 is 29.4 Å². The number of aliphatic hydroxyl groups excluding tert-OH is 1. The van der Waals surface area contributed by atoms with E-state index in [9.17, 15) is 19.2 Å². The summed E-state index contributed by atoms with van der Waals surface area (Å²) in [5, 5.41) is 11.6. The maximum absolute atomic E-state index is 12.6. The fourth-order valence-electron chi connectivity index (χ4n) is 2.90. The Hall–Kier alpha value is -3.46. The van der Waals surface area contributed by atoms with E-state index in [2.05, 4.69) is 5.32 Å². The minimum absolute atomic E-state index is 0.141. The van der Waals surface area contributed by atoms with Gasteiger partial charge >= 0.3 is 6.09 Å². The van der Waals surface area contributed by atoms with Crippen molar-refractivity contribution < 1.29 is 29.0 Å². The number of benzene rings is 1. The number of ketones is 1. The third-order valence-corrected chi connectivity index (χ3v) is 4.28. The predicted octanol–water partition coefficient (Wildman–Crippen LogP) is 0.813. The van der Waals surface area contributed by atoms with E-state index in [1.165, 1.54) is 24.1 Å². The minimum atomic E-state index is -0.704. The molecule has 0 radical (unpaired) electrons. The second kappa shape index (κ2) is 8.05. The summed E-state index contributed by atoms with van der Waals surface area (Å²) in [5.41, 5.74) is 1.02. The number of ether oxygens (including phenoxy) is 1. The Labute approximate surface area is 160 Å². The number of hydrogen-bond acceptors (Lipinski definition) is 6. The van der Waals surface area contributed by atoms with Crippen LogP contribution in [0.25, 0.3) is 0 Å². The Morgan fingerprint density at radius 3 is 2.57 bits per heavy atom. The van der Waals surface area contributed by atoms with Crippen LogP contribution < -0.4 is 10.2 Å². The van der Waals surface area contributed by atoms with Crippen molar-refractivity contribution in [1.29, 1.82) is 0 Å². The number of cyclic esters (lactones) is 1. The summed E-state index contributed by atoms with van der Waals surface area (Å²) in [4.78, 5) is 48.8. The molecule has 1 aliphatic rings. The smallest absolute Gasteiger partial charge is 0.414 e. The molecule has 0 aliphatic carbocycles. The lowest BCUT2D eigenvalue weighted by Gasteiger charge is -2.13. The van der Waals surface area contributed by atoms with Crippen molar-refractivity contribution in [2.45, 2.75) is 13.0 Å². The minimum Gasteiger partial charge on any atom is -0.442 e. The van der Waals surface area contributed by atoms with Crippen molar-refractivity contribution in [3.05, 3.63) is 53.9 Å². The van der Waals surface area contributed by atoms with Gasteiger partial charge in [-0.3, -0.25) is 23.9 Å². The first-order valence-electron chi connectivity index (χ1n) is 8.59. The molecule has 0 saturated carbocycles. The van der Waals surface area contributed by atoms with E-state index in [0.717, 1.165) is 4.57 Å². The zero-order valence-electron chi connectivity index (χ0n) is 15.1. The maximum Gasteiger partial charge on any atom is 0.414 e. The summed E-state index contributed by atoms with van der Waals surface area (Å²) < 4.78 is 6.31. The number of nitrogens with zero attached hydrogens (tertiary/aromatic N) is 2. The lowest BCUT2D eigenvalue weighted by atomic mass is 10.1. The van der Waals surface area contributed by atoms with Gasteiger partial charge < -0.3 is 15.2 Å². The monoisotopic (exact) mass is 385 g/mol. The molecule has 0 bridgehead atoms. The van der Waals surface area contributed by atoms with Crippen LogP contribution in [0.5, 0.6) is 0 Å². The second-order valence-electron chi connectivity index (χ2n) is 6.24. The van der Waals surface area contributed by atoms with Gasteiger partial charge in [0.1, 0.15) is 12.7 Å². The number of aliphatic hydroxyl groups is 1. The molecule has 1 aromatic heterocycles. The molecule has 2 amide bonds. The van der Waals surface area contributed by atoms with Crippen LogP contribution in [0.2, 0.25) is 0 Å². The Bertz CT molecular complexity index is 918. The highest BCUT2D eigenvalue weighted by Gasteiger charge is 2.32. The summed E-state index contributed by atoms with van der Waals surface area (Å²) in [7, 11) is 0. The Balaban J connectivity index is 1.73. The number of carbonyl (C=O) groups excluding carboxylic acids is 4. The topological polar surface area (TPSA) is 118 Å². The summed E-state index contributed by atoms with van der Waals surface area (Å²) in [6, 6.07) is 9.35. The Morgan fingerprint density at radius 1 is 1.21 bits per heavy atom. The number of carbonyl (C=O) groups is 4. The molecule has 1 saturated heterocycles. The van der Waals surface area contributed by atoms with Crippen LogP contribution in [0.15, 0.2) is 42.6 Å². The van der Waals surface area contributed by atoms with Crippen LogP contribution in [-0.2, 0) is 9.53 Å². The van der Waals surface area contributed by atoms with Crippen molar-refractivity contribution in [2.75, 3.05) is 24.6 Å². The van der Waals surface area contributed by atoms with E-state index in [0.29, 0.717) is 11.3 Å². The second-order valence-corrected chi connectivity index (χ2v) is 6.24. The molecule has 28 heavy (non-hydrogen) atoms. The Morgan fingerprint density at radius 2 is 1.93 bits per heavy atom. The van der Waals surface area contributed by atoms with Gasteiger partial charge in [-0.25, -0.2) is 4.79 Å². The largest absolute Gasteiger partial charge is 0.442 e. The standard InChI is InChI=1S/C19H19N3O6/c1-12(24)20-9-15-10-22(19(27)28-15)14-6-4-13(5-7-14)18(26)16-3-2-8-21(16)17(25)11-23/h2-8,15,23H,9-11H2,1H3,(H,20,24)/t15-/m0/s1. The van der Waals surface area contributed by atoms with E-state index in [-0.39, 0.29) is 30.5 Å². The normalized spacial score (nSPS) is 16.0. The SMILES string of the molecule is CC(=O)NC[C@H]1CN(c2ccc(C(=O)c3cccn3C(=O)CO)cc2)C(=O)O1. The van der Waals surface area contributed by atoms with Crippen molar-refractivity contribution in [3.8, 4) is 0 Å². The third kappa shape index (κ3) is 3.94. The first-order valence-corrected chi connectivity index (χ1v) is 8.59. The summed E-state index contributed by atoms with van der Waals surface area (Å²) in [6.45, 7) is 1.18. The number of amides is 2. The van der Waals surface area contributed by atoms with Gasteiger partial charge in [0.2, 0.25) is 11.7 Å². The zero-order chi connectivity index (χ0) is 20.3. The molecular weight excluding hydrogens is 366 g/mol. The van der Waals surface area contributed by atoms with Crippen molar-refractivity contribution in [3.63, 3.8) is 0 Å². The Kier molecular flexibility index (Phi) is 5.55. The molecule has 1 aromatic carbocycles. The molecule has 1 fully saturated rings. The number of rotatable bonds is 6. The van der Waals surface area contributed by atoms with Crippen LogP contribution in [0.1, 0.15) is 27.8 Å². The van der Waals surface area contributed by atoms with E-state index >= 15 is 0 Å². The van der Waals surface area contributed by atoms with E-state index in [1.54, 1.807) is 30.3 Å². The van der Waals surface area contributed by atoms with Gasteiger partial charge in [0.25, 0.3) is 5.91 Å². The lowest BCUT2D eigenvalue weighted by Crippen LogP contribution is -2.33. The predicted molar refractivity (Wildman–Crippen MR) is 98.3 cm³/mol. The van der Waals surface area contributed by atoms with Crippen molar-refractivity contribution in [2.24, 2.45) is 0 Å². The molecule has 0 unspecified atom stereocenters. The van der Waals surface area contributed by atoms with Gasteiger partial charge in [0, 0.05) is 24.4 Å². The molecule has 146 valence electrons. The number of anilines is 1. The van der Waals surface area contributed by atoms with Gasteiger partial charge in [-0.1, -0.05) is 0 Å². The maximum atomic E-state index is 12.6. The van der Waals surface area contributed by atoms with Crippen LogP contribution in [0, 0.1) is 0 Å².